The molecule has 76 valence electrons. The van der Waals surface area contributed by atoms with E-state index in [1.54, 1.807) is 12.1 Å². The number of aromatic nitrogens is 2. The third-order valence-corrected chi connectivity index (χ3v) is 2.51. The van der Waals surface area contributed by atoms with Gasteiger partial charge in [-0.3, -0.25) is 4.79 Å². The Kier molecular flexibility index (Phi) is 2.64. The summed E-state index contributed by atoms with van der Waals surface area (Å²) in [5.41, 5.74) is 0.275. The molecule has 3 nitrogen and oxygen atoms in total. The van der Waals surface area contributed by atoms with Crippen LogP contribution in [0.1, 0.15) is 0 Å². The molecule has 2 rings (SSSR count). The first-order valence-corrected chi connectivity index (χ1v) is 4.97. The number of halogens is 2. The standard InChI is InChI=1S/C10H6BrFN2O/c11-7-2-1-6(5-8(7)12)10-13-4-3-9(15)14-10/h1-5H,(H,13,14,15). The summed E-state index contributed by atoms with van der Waals surface area (Å²) in [4.78, 5) is 17.5. The molecule has 0 saturated heterocycles. The molecule has 0 aliphatic carbocycles. The minimum absolute atomic E-state index is 0.261. The highest BCUT2D eigenvalue weighted by molar-refractivity contribution is 9.10. The van der Waals surface area contributed by atoms with Crippen LogP contribution in [0.5, 0.6) is 0 Å². The molecule has 2 aromatic rings. The molecule has 0 amide bonds. The molecule has 0 fully saturated rings. The fourth-order valence-corrected chi connectivity index (χ4v) is 1.41. The quantitative estimate of drug-likeness (QED) is 0.863. The third kappa shape index (κ3) is 2.12. The SMILES string of the molecule is O=c1ccnc(-c2ccc(Br)c(F)c2)[nH]1. The van der Waals surface area contributed by atoms with E-state index in [4.69, 9.17) is 0 Å². The summed E-state index contributed by atoms with van der Waals surface area (Å²) in [6.07, 6.45) is 1.38. The maximum atomic E-state index is 13.2. The molecule has 1 heterocycles. The zero-order chi connectivity index (χ0) is 10.8. The highest BCUT2D eigenvalue weighted by atomic mass is 79.9. The van der Waals surface area contributed by atoms with Crippen LogP contribution in [0.2, 0.25) is 0 Å². The predicted octanol–water partition coefficient (Wildman–Crippen LogP) is 2.34. The van der Waals surface area contributed by atoms with Crippen molar-refractivity contribution in [3.63, 3.8) is 0 Å². The third-order valence-electron chi connectivity index (χ3n) is 1.86. The van der Waals surface area contributed by atoms with Crippen LogP contribution in [-0.4, -0.2) is 9.97 Å². The van der Waals surface area contributed by atoms with Gasteiger partial charge < -0.3 is 4.98 Å². The Morgan fingerprint density at radius 1 is 1.33 bits per heavy atom. The summed E-state index contributed by atoms with van der Waals surface area (Å²) in [5, 5.41) is 0. The van der Waals surface area contributed by atoms with Gasteiger partial charge in [-0.15, -0.1) is 0 Å². The van der Waals surface area contributed by atoms with Crippen LogP contribution >= 0.6 is 15.9 Å². The Labute approximate surface area is 93.1 Å². The van der Waals surface area contributed by atoms with Crippen molar-refractivity contribution in [1.82, 2.24) is 9.97 Å². The topological polar surface area (TPSA) is 45.8 Å². The van der Waals surface area contributed by atoms with E-state index in [0.29, 0.717) is 15.9 Å². The Bertz CT molecular complexity index is 553. The van der Waals surface area contributed by atoms with Crippen LogP contribution < -0.4 is 5.56 Å². The zero-order valence-electron chi connectivity index (χ0n) is 7.50. The average molecular weight is 269 g/mol. The summed E-state index contributed by atoms with van der Waals surface area (Å²) in [7, 11) is 0. The van der Waals surface area contributed by atoms with Gasteiger partial charge in [0.2, 0.25) is 0 Å². The van der Waals surface area contributed by atoms with Gasteiger partial charge in [-0.1, -0.05) is 0 Å². The van der Waals surface area contributed by atoms with E-state index in [2.05, 4.69) is 25.9 Å². The van der Waals surface area contributed by atoms with Crippen LogP contribution in [0.15, 0.2) is 39.7 Å². The number of nitrogens with one attached hydrogen (secondary N) is 1. The largest absolute Gasteiger partial charge is 0.307 e. The van der Waals surface area contributed by atoms with E-state index in [1.807, 2.05) is 0 Å². The van der Waals surface area contributed by atoms with Gasteiger partial charge in [-0.05, 0) is 34.1 Å². The first-order chi connectivity index (χ1) is 7.16. The molecule has 1 N–H and O–H groups in total. The van der Waals surface area contributed by atoms with Gasteiger partial charge in [-0.25, -0.2) is 9.37 Å². The summed E-state index contributed by atoms with van der Waals surface area (Å²) < 4.78 is 13.6. The first kappa shape index (κ1) is 10.0. The van der Waals surface area contributed by atoms with E-state index in [1.165, 1.54) is 18.3 Å². The van der Waals surface area contributed by atoms with Crippen molar-refractivity contribution < 1.29 is 4.39 Å². The van der Waals surface area contributed by atoms with E-state index in [-0.39, 0.29) is 11.4 Å². The van der Waals surface area contributed by atoms with Crippen LogP contribution in [-0.2, 0) is 0 Å². The molecular formula is C10H6BrFN2O. The van der Waals surface area contributed by atoms with Crippen molar-refractivity contribution >= 4 is 15.9 Å². The van der Waals surface area contributed by atoms with Crippen LogP contribution in [0, 0.1) is 5.82 Å². The molecule has 0 atom stereocenters. The minimum Gasteiger partial charge on any atom is -0.307 e. The van der Waals surface area contributed by atoms with Gasteiger partial charge in [0.25, 0.3) is 5.56 Å². The lowest BCUT2D eigenvalue weighted by Crippen LogP contribution is -2.05. The van der Waals surface area contributed by atoms with Crippen LogP contribution in [0.4, 0.5) is 4.39 Å². The number of aromatic amines is 1. The van der Waals surface area contributed by atoms with Gasteiger partial charge in [0.15, 0.2) is 0 Å². The van der Waals surface area contributed by atoms with Crippen molar-refractivity contribution in [1.29, 1.82) is 0 Å². The van der Waals surface area contributed by atoms with Gasteiger partial charge in [0.05, 0.1) is 4.47 Å². The molecule has 0 saturated carbocycles. The highest BCUT2D eigenvalue weighted by Gasteiger charge is 2.04. The predicted molar refractivity (Wildman–Crippen MR) is 58.0 cm³/mol. The van der Waals surface area contributed by atoms with E-state index >= 15 is 0 Å². The van der Waals surface area contributed by atoms with Crippen molar-refractivity contribution in [2.24, 2.45) is 0 Å². The minimum atomic E-state index is -0.390. The molecule has 0 spiro atoms. The van der Waals surface area contributed by atoms with Gasteiger partial charge in [0.1, 0.15) is 11.6 Å². The van der Waals surface area contributed by atoms with Crippen LogP contribution in [0.3, 0.4) is 0 Å². The first-order valence-electron chi connectivity index (χ1n) is 4.17. The average Bonchev–Trinajstić information content (AvgIpc) is 2.22. The van der Waals surface area contributed by atoms with E-state index < -0.39 is 0 Å². The monoisotopic (exact) mass is 268 g/mol. The summed E-state index contributed by atoms with van der Waals surface area (Å²) in [6, 6.07) is 5.85. The Balaban J connectivity index is 2.55. The number of nitrogens with zero attached hydrogens (tertiary/aromatic N) is 1. The molecule has 0 aliphatic rings. The summed E-state index contributed by atoms with van der Waals surface area (Å²) in [5.74, 6) is -0.0343. The molecule has 1 aromatic heterocycles. The normalized spacial score (nSPS) is 10.3. The van der Waals surface area contributed by atoms with Crippen molar-refractivity contribution in [2.75, 3.05) is 0 Å². The smallest absolute Gasteiger partial charge is 0.251 e. The Morgan fingerprint density at radius 3 is 2.80 bits per heavy atom. The lowest BCUT2D eigenvalue weighted by atomic mass is 10.2. The molecule has 0 radical (unpaired) electrons. The Hall–Kier alpha value is -1.49. The zero-order valence-corrected chi connectivity index (χ0v) is 9.08. The van der Waals surface area contributed by atoms with Crippen molar-refractivity contribution in [2.45, 2.75) is 0 Å². The van der Waals surface area contributed by atoms with Gasteiger partial charge in [-0.2, -0.15) is 0 Å². The number of hydrogen-bond donors (Lipinski definition) is 1. The maximum absolute atomic E-state index is 13.2. The molecule has 0 bridgehead atoms. The second-order valence-electron chi connectivity index (χ2n) is 2.91. The lowest BCUT2D eigenvalue weighted by molar-refractivity contribution is 0.621. The summed E-state index contributed by atoms with van der Waals surface area (Å²) in [6.45, 7) is 0. The molecular weight excluding hydrogens is 263 g/mol. The fourth-order valence-electron chi connectivity index (χ4n) is 1.16. The maximum Gasteiger partial charge on any atom is 0.251 e. The van der Waals surface area contributed by atoms with Gasteiger partial charge in [0, 0.05) is 17.8 Å². The lowest BCUT2D eigenvalue weighted by Gasteiger charge is -2.00. The van der Waals surface area contributed by atoms with Crippen molar-refractivity contribution in [3.8, 4) is 11.4 Å². The molecule has 1 aromatic carbocycles. The molecule has 0 aliphatic heterocycles. The fraction of sp³-hybridized carbons (Fsp3) is 0. The number of H-pyrrole nitrogens is 1. The second-order valence-corrected chi connectivity index (χ2v) is 3.77. The Morgan fingerprint density at radius 2 is 2.13 bits per heavy atom. The molecule has 0 unspecified atom stereocenters. The van der Waals surface area contributed by atoms with Crippen molar-refractivity contribution in [3.05, 3.63) is 51.1 Å². The van der Waals surface area contributed by atoms with E-state index in [9.17, 15) is 9.18 Å². The molecule has 15 heavy (non-hydrogen) atoms. The summed E-state index contributed by atoms with van der Waals surface area (Å²) >= 11 is 3.05. The van der Waals surface area contributed by atoms with Crippen LogP contribution in [0.25, 0.3) is 11.4 Å². The number of benzene rings is 1. The highest BCUT2D eigenvalue weighted by Crippen LogP contribution is 2.21. The number of rotatable bonds is 1. The van der Waals surface area contributed by atoms with Gasteiger partial charge >= 0.3 is 0 Å². The number of hydrogen-bond acceptors (Lipinski definition) is 2. The van der Waals surface area contributed by atoms with E-state index in [0.717, 1.165) is 0 Å². The molecule has 5 heteroatoms. The second kappa shape index (κ2) is 3.94.